The molecule has 8 heteroatoms. The zero-order chi connectivity index (χ0) is 12.6. The average molecular weight is 261 g/mol. The molecule has 2 rings (SSSR count). The maximum absolute atomic E-state index is 9.60. The van der Waals surface area contributed by atoms with Crippen molar-refractivity contribution in [2.24, 2.45) is 0 Å². The molecule has 0 radical (unpaired) electrons. The molecule has 17 heavy (non-hydrogen) atoms. The zero-order valence-electron chi connectivity index (χ0n) is 8.88. The Labute approximate surface area is 102 Å². The van der Waals surface area contributed by atoms with Gasteiger partial charge in [-0.15, -0.1) is 0 Å². The Morgan fingerprint density at radius 3 is 2.65 bits per heavy atom. The van der Waals surface area contributed by atoms with Gasteiger partial charge in [-0.2, -0.15) is 0 Å². The Hall–Kier alpha value is -1.15. The van der Waals surface area contributed by atoms with Gasteiger partial charge in [0, 0.05) is 6.42 Å². The molecule has 0 aromatic carbocycles. The molecule has 0 unspecified atom stereocenters. The van der Waals surface area contributed by atoms with E-state index in [4.69, 9.17) is 32.9 Å². The van der Waals surface area contributed by atoms with Gasteiger partial charge in [0.1, 0.15) is 23.7 Å². The largest absolute Gasteiger partial charge is 0.394 e. The molecule has 2 heterocycles. The van der Waals surface area contributed by atoms with Crippen LogP contribution in [0.5, 0.6) is 0 Å². The molecule has 6 N–H and O–H groups in total. The number of nitrogens with two attached hydrogens (primary N) is 2. The first kappa shape index (κ1) is 12.3. The average Bonchev–Trinajstić information content (AvgIpc) is 2.65. The van der Waals surface area contributed by atoms with Gasteiger partial charge in [0.05, 0.1) is 12.7 Å². The Bertz CT molecular complexity index is 431. The first-order valence-electron chi connectivity index (χ1n) is 5.05. The predicted molar refractivity (Wildman–Crippen MR) is 61.2 cm³/mol. The zero-order valence-corrected chi connectivity index (χ0v) is 9.63. The maximum Gasteiger partial charge on any atom is 0.171 e. The van der Waals surface area contributed by atoms with E-state index >= 15 is 0 Å². The van der Waals surface area contributed by atoms with Crippen LogP contribution in [0.15, 0.2) is 0 Å². The molecule has 1 saturated heterocycles. The van der Waals surface area contributed by atoms with Crippen LogP contribution in [0.4, 0.5) is 11.6 Å². The van der Waals surface area contributed by atoms with Crippen LogP contribution >= 0.6 is 11.6 Å². The lowest BCUT2D eigenvalue weighted by atomic mass is 10.1. The van der Waals surface area contributed by atoms with Crippen LogP contribution in [0, 0.1) is 0 Å². The normalized spacial score (nSPS) is 28.5. The Balaban J connectivity index is 2.27. The van der Waals surface area contributed by atoms with Crippen LogP contribution < -0.4 is 11.5 Å². The molecule has 0 saturated carbocycles. The van der Waals surface area contributed by atoms with E-state index in [2.05, 4.69) is 9.97 Å². The number of rotatable bonds is 2. The lowest BCUT2D eigenvalue weighted by Gasteiger charge is -2.13. The van der Waals surface area contributed by atoms with Gasteiger partial charge in [-0.05, 0) is 0 Å². The van der Waals surface area contributed by atoms with Gasteiger partial charge >= 0.3 is 0 Å². The van der Waals surface area contributed by atoms with Crippen LogP contribution in [-0.2, 0) is 4.74 Å². The third kappa shape index (κ3) is 2.27. The highest BCUT2D eigenvalue weighted by Gasteiger charge is 2.36. The van der Waals surface area contributed by atoms with E-state index in [0.29, 0.717) is 5.69 Å². The molecule has 1 fully saturated rings. The smallest absolute Gasteiger partial charge is 0.171 e. The van der Waals surface area contributed by atoms with E-state index < -0.39 is 18.3 Å². The molecule has 1 aliphatic rings. The molecular weight excluding hydrogens is 248 g/mol. The van der Waals surface area contributed by atoms with Crippen molar-refractivity contribution < 1.29 is 14.9 Å². The van der Waals surface area contributed by atoms with Gasteiger partial charge in [-0.25, -0.2) is 9.97 Å². The fourth-order valence-corrected chi connectivity index (χ4v) is 1.89. The summed E-state index contributed by atoms with van der Waals surface area (Å²) >= 11 is 5.75. The topological polar surface area (TPSA) is 128 Å². The van der Waals surface area contributed by atoms with E-state index in [9.17, 15) is 5.11 Å². The van der Waals surface area contributed by atoms with Crippen LogP contribution in [0.25, 0.3) is 0 Å². The highest BCUT2D eigenvalue weighted by molar-refractivity contribution is 6.31. The number of aliphatic hydroxyl groups excluding tert-OH is 2. The first-order valence-corrected chi connectivity index (χ1v) is 5.43. The molecule has 0 amide bonds. The standard InChI is InChI=1S/C9H13ClN4O3/c10-7-9(12)14-8(11)6(13-7)4-1-3(16)5(2-15)17-4/h3-5,15-16H,1-2H2,(H4,11,12,14)/t3-,4-,5+/m0/s1. The summed E-state index contributed by atoms with van der Waals surface area (Å²) in [4.78, 5) is 7.82. The van der Waals surface area contributed by atoms with Crippen molar-refractivity contribution in [1.29, 1.82) is 0 Å². The highest BCUT2D eigenvalue weighted by Crippen LogP contribution is 2.35. The van der Waals surface area contributed by atoms with Gasteiger partial charge in [0.25, 0.3) is 0 Å². The van der Waals surface area contributed by atoms with Crippen LogP contribution in [0.3, 0.4) is 0 Å². The molecule has 0 spiro atoms. The summed E-state index contributed by atoms with van der Waals surface area (Å²) in [5.74, 6) is 0.160. The van der Waals surface area contributed by atoms with E-state index in [1.54, 1.807) is 0 Å². The molecule has 1 aromatic heterocycles. The van der Waals surface area contributed by atoms with E-state index in [-0.39, 0.29) is 29.8 Å². The molecule has 0 aliphatic carbocycles. The minimum Gasteiger partial charge on any atom is -0.394 e. The second-order valence-electron chi connectivity index (χ2n) is 3.82. The van der Waals surface area contributed by atoms with Crippen molar-refractivity contribution >= 4 is 23.2 Å². The van der Waals surface area contributed by atoms with Gasteiger partial charge in [-0.3, -0.25) is 0 Å². The minimum absolute atomic E-state index is 0.0414. The number of hydrogen-bond donors (Lipinski definition) is 4. The SMILES string of the molecule is Nc1nc(N)c([C@@H]2C[C@H](O)[C@@H](CO)O2)nc1Cl. The number of hydrogen-bond acceptors (Lipinski definition) is 7. The summed E-state index contributed by atoms with van der Waals surface area (Å²) in [6.45, 7) is -0.270. The summed E-state index contributed by atoms with van der Waals surface area (Å²) < 4.78 is 5.40. The number of anilines is 2. The lowest BCUT2D eigenvalue weighted by Crippen LogP contribution is -2.24. The molecule has 3 atom stereocenters. The third-order valence-electron chi connectivity index (χ3n) is 2.64. The third-order valence-corrected chi connectivity index (χ3v) is 2.92. The molecule has 1 aromatic rings. The van der Waals surface area contributed by atoms with Crippen molar-refractivity contribution in [1.82, 2.24) is 9.97 Å². The lowest BCUT2D eigenvalue weighted by molar-refractivity contribution is -0.0234. The molecule has 94 valence electrons. The molecular formula is C9H13ClN4O3. The van der Waals surface area contributed by atoms with Gasteiger partial charge < -0.3 is 26.4 Å². The first-order chi connectivity index (χ1) is 8.02. The van der Waals surface area contributed by atoms with E-state index in [0.717, 1.165) is 0 Å². The summed E-state index contributed by atoms with van der Waals surface area (Å²) in [6, 6.07) is 0. The minimum atomic E-state index is -0.762. The fraction of sp³-hybridized carbons (Fsp3) is 0.556. The predicted octanol–water partition coefficient (Wildman–Crippen LogP) is -0.522. The second-order valence-corrected chi connectivity index (χ2v) is 4.18. The van der Waals surface area contributed by atoms with Crippen LogP contribution in [-0.4, -0.2) is 39.0 Å². The quantitative estimate of drug-likeness (QED) is 0.563. The van der Waals surface area contributed by atoms with Crippen LogP contribution in [0.2, 0.25) is 5.15 Å². The summed E-state index contributed by atoms with van der Waals surface area (Å²) in [6.07, 6.45) is -1.66. The molecule has 1 aliphatic heterocycles. The summed E-state index contributed by atoms with van der Waals surface area (Å²) in [5.41, 5.74) is 11.5. The second kappa shape index (κ2) is 4.61. The van der Waals surface area contributed by atoms with Gasteiger partial charge in [0.15, 0.2) is 11.0 Å². The summed E-state index contributed by atoms with van der Waals surface area (Å²) in [7, 11) is 0. The van der Waals surface area contributed by atoms with Gasteiger partial charge in [-0.1, -0.05) is 11.6 Å². The van der Waals surface area contributed by atoms with E-state index in [1.165, 1.54) is 0 Å². The Kier molecular flexibility index (Phi) is 3.34. The number of ether oxygens (including phenoxy) is 1. The number of aliphatic hydroxyl groups is 2. The van der Waals surface area contributed by atoms with Gasteiger partial charge in [0.2, 0.25) is 0 Å². The Morgan fingerprint density at radius 2 is 2.06 bits per heavy atom. The van der Waals surface area contributed by atoms with Crippen molar-refractivity contribution in [2.45, 2.75) is 24.7 Å². The van der Waals surface area contributed by atoms with Crippen molar-refractivity contribution in [3.8, 4) is 0 Å². The molecule has 7 nitrogen and oxygen atoms in total. The number of aromatic nitrogens is 2. The number of nitrogens with zero attached hydrogens (tertiary/aromatic N) is 2. The van der Waals surface area contributed by atoms with E-state index in [1.807, 2.05) is 0 Å². The van der Waals surface area contributed by atoms with Crippen LogP contribution in [0.1, 0.15) is 18.2 Å². The van der Waals surface area contributed by atoms with Crippen molar-refractivity contribution in [2.75, 3.05) is 18.1 Å². The monoisotopic (exact) mass is 260 g/mol. The fourth-order valence-electron chi connectivity index (χ4n) is 1.76. The highest BCUT2D eigenvalue weighted by atomic mass is 35.5. The molecule has 0 bridgehead atoms. The number of halogens is 1. The maximum atomic E-state index is 9.60. The van der Waals surface area contributed by atoms with Crippen molar-refractivity contribution in [3.05, 3.63) is 10.8 Å². The summed E-state index contributed by atoms with van der Waals surface area (Å²) in [5, 5.41) is 18.6. The number of nitrogen functional groups attached to an aromatic ring is 2. The van der Waals surface area contributed by atoms with Crippen molar-refractivity contribution in [3.63, 3.8) is 0 Å². The Morgan fingerprint density at radius 1 is 1.35 bits per heavy atom.